The van der Waals surface area contributed by atoms with Gasteiger partial charge in [0, 0.05) is 0 Å². The van der Waals surface area contributed by atoms with E-state index in [9.17, 15) is 25.3 Å². The van der Waals surface area contributed by atoms with E-state index in [4.69, 9.17) is 13.7 Å². The maximum atomic E-state index is 10.2. The highest BCUT2D eigenvalue weighted by Crippen LogP contribution is 2.09. The molecule has 0 aromatic heterocycles. The second kappa shape index (κ2) is 25.3. The lowest BCUT2D eigenvalue weighted by Gasteiger charge is -2.01. The Morgan fingerprint density at radius 2 is 0.629 bits per heavy atom. The van der Waals surface area contributed by atoms with Gasteiger partial charge in [-0.2, -0.15) is 25.3 Å². The molecular formula is C20H46O12S3. The fourth-order valence-electron chi connectivity index (χ4n) is 2.40. The van der Waals surface area contributed by atoms with Crippen LogP contribution < -0.4 is 0 Å². The summed E-state index contributed by atoms with van der Waals surface area (Å²) in [5.74, 6) is 0. The van der Waals surface area contributed by atoms with E-state index in [1.807, 2.05) is 13.8 Å². The normalized spacial score (nSPS) is 11.8. The summed E-state index contributed by atoms with van der Waals surface area (Å²) in [4.78, 5) is 0. The minimum absolute atomic E-state index is 0.0648. The van der Waals surface area contributed by atoms with Gasteiger partial charge in [0.2, 0.25) is 0 Å². The third kappa shape index (κ3) is 51.2. The predicted octanol–water partition coefficient (Wildman–Crippen LogP) is 4.94. The predicted molar refractivity (Wildman–Crippen MR) is 134 cm³/mol. The van der Waals surface area contributed by atoms with Crippen molar-refractivity contribution in [1.29, 1.82) is 0 Å². The molecular weight excluding hydrogens is 528 g/mol. The zero-order valence-corrected chi connectivity index (χ0v) is 23.7. The van der Waals surface area contributed by atoms with E-state index in [2.05, 4.69) is 19.5 Å². The molecule has 12 nitrogen and oxygen atoms in total. The molecule has 0 heterocycles. The molecule has 0 bridgehead atoms. The third-order valence-corrected chi connectivity index (χ3v) is 5.58. The molecule has 0 aromatic rings. The molecule has 0 aliphatic heterocycles. The zero-order valence-electron chi connectivity index (χ0n) is 21.3. The summed E-state index contributed by atoms with van der Waals surface area (Å²) in [6.07, 6.45) is 14.5. The first-order valence-electron chi connectivity index (χ1n) is 12.0. The highest BCUT2D eigenvalue weighted by Gasteiger charge is 2.03. The monoisotopic (exact) mass is 574 g/mol. The molecule has 0 saturated heterocycles. The molecule has 0 saturated carbocycles. The van der Waals surface area contributed by atoms with E-state index in [0.29, 0.717) is 19.3 Å². The lowest BCUT2D eigenvalue weighted by atomic mass is 10.1. The van der Waals surface area contributed by atoms with E-state index in [1.165, 1.54) is 38.5 Å². The quantitative estimate of drug-likeness (QED) is 0.131. The van der Waals surface area contributed by atoms with Crippen LogP contribution in [0.4, 0.5) is 0 Å². The first-order valence-corrected chi connectivity index (χ1v) is 16.1. The van der Waals surface area contributed by atoms with Crippen LogP contribution in [0.2, 0.25) is 0 Å². The van der Waals surface area contributed by atoms with Gasteiger partial charge >= 0.3 is 31.2 Å². The van der Waals surface area contributed by atoms with Crippen molar-refractivity contribution in [2.24, 2.45) is 0 Å². The second-order valence-corrected chi connectivity index (χ2v) is 10.9. The van der Waals surface area contributed by atoms with Crippen LogP contribution in [0.5, 0.6) is 0 Å². The van der Waals surface area contributed by atoms with Gasteiger partial charge in [0.1, 0.15) is 0 Å². The van der Waals surface area contributed by atoms with Gasteiger partial charge in [-0.05, 0) is 19.3 Å². The number of unbranched alkanes of at least 4 members (excludes halogenated alkanes) is 11. The van der Waals surface area contributed by atoms with Crippen LogP contribution in [0.25, 0.3) is 0 Å². The molecule has 0 rings (SSSR count). The van der Waals surface area contributed by atoms with Crippen LogP contribution in [-0.2, 0) is 43.7 Å². The van der Waals surface area contributed by atoms with Crippen LogP contribution >= 0.6 is 0 Å². The smallest absolute Gasteiger partial charge is 0.264 e. The molecule has 216 valence electrons. The first kappa shape index (κ1) is 39.1. The Morgan fingerprint density at radius 3 is 0.943 bits per heavy atom. The van der Waals surface area contributed by atoms with E-state index in [0.717, 1.165) is 32.1 Å². The summed E-state index contributed by atoms with van der Waals surface area (Å²) < 4.78 is 96.6. The van der Waals surface area contributed by atoms with Crippen molar-refractivity contribution in [3.8, 4) is 0 Å². The van der Waals surface area contributed by atoms with Gasteiger partial charge in [0.25, 0.3) is 0 Å². The van der Waals surface area contributed by atoms with Crippen molar-refractivity contribution in [2.45, 2.75) is 111 Å². The summed E-state index contributed by atoms with van der Waals surface area (Å²) in [5.41, 5.74) is 0. The van der Waals surface area contributed by atoms with Crippen molar-refractivity contribution in [1.82, 2.24) is 0 Å². The fourth-order valence-corrected chi connectivity index (χ4v) is 3.39. The summed E-state index contributed by atoms with van der Waals surface area (Å²) in [6.45, 7) is 6.33. The van der Waals surface area contributed by atoms with Crippen molar-refractivity contribution in [3.05, 3.63) is 0 Å². The Hall–Kier alpha value is -0.390. The molecule has 35 heavy (non-hydrogen) atoms. The average Bonchev–Trinajstić information content (AvgIpc) is 2.71. The Morgan fingerprint density at radius 1 is 0.400 bits per heavy atom. The van der Waals surface area contributed by atoms with Gasteiger partial charge in [0.05, 0.1) is 19.8 Å². The highest BCUT2D eigenvalue weighted by atomic mass is 32.3. The van der Waals surface area contributed by atoms with E-state index in [1.54, 1.807) is 0 Å². The Kier molecular flexibility index (Phi) is 28.2. The van der Waals surface area contributed by atoms with Crippen LogP contribution in [0.15, 0.2) is 0 Å². The molecule has 0 fully saturated rings. The Balaban J connectivity index is -0.000000466. The van der Waals surface area contributed by atoms with E-state index >= 15 is 0 Å². The molecule has 0 aromatic carbocycles. The third-order valence-electron chi connectivity index (χ3n) is 4.19. The molecule has 0 amide bonds. The molecule has 0 unspecified atom stereocenters. The summed E-state index contributed by atoms with van der Waals surface area (Å²) in [7, 11) is -12.6. The fraction of sp³-hybridized carbons (Fsp3) is 1.00. The first-order chi connectivity index (χ1) is 16.2. The molecule has 15 heteroatoms. The van der Waals surface area contributed by atoms with Crippen LogP contribution in [-0.4, -0.2) is 58.7 Å². The SMILES string of the molecule is CCCCCCCCCCCOS(=O)(=O)O.CCCCCOS(=O)(=O)O.CCCCOS(=O)(=O)O. The van der Waals surface area contributed by atoms with Gasteiger partial charge in [-0.15, -0.1) is 0 Å². The largest absolute Gasteiger partial charge is 0.397 e. The van der Waals surface area contributed by atoms with Crippen molar-refractivity contribution in [2.75, 3.05) is 19.8 Å². The summed E-state index contributed by atoms with van der Waals surface area (Å²) in [6, 6.07) is 0. The molecule has 0 aliphatic rings. The van der Waals surface area contributed by atoms with Gasteiger partial charge in [-0.1, -0.05) is 91.4 Å². The second-order valence-electron chi connectivity index (χ2n) is 7.64. The Bertz CT molecular complexity index is 750. The molecule has 0 spiro atoms. The molecule has 0 atom stereocenters. The number of rotatable bonds is 20. The topological polar surface area (TPSA) is 191 Å². The summed E-state index contributed by atoms with van der Waals surface area (Å²) >= 11 is 0. The standard InChI is InChI=1S/C11H24O4S.C5H12O4S.C4H10O4S/c1-2-3-4-5-6-7-8-9-10-11-15-16(12,13)14;1-2-3-4-5-9-10(6,7)8;1-2-3-4-8-9(5,6)7/h2-11H2,1H3,(H,12,13,14);2-5H2,1H3,(H,6,7,8);2-4H2,1H3,(H,5,6,7). The van der Waals surface area contributed by atoms with Gasteiger partial charge in [-0.3, -0.25) is 13.7 Å². The lowest BCUT2D eigenvalue weighted by Crippen LogP contribution is -2.04. The van der Waals surface area contributed by atoms with E-state index in [-0.39, 0.29) is 19.8 Å². The van der Waals surface area contributed by atoms with Gasteiger partial charge < -0.3 is 0 Å². The number of hydrogen-bond donors (Lipinski definition) is 3. The number of hydrogen-bond acceptors (Lipinski definition) is 9. The van der Waals surface area contributed by atoms with Crippen molar-refractivity contribution >= 4 is 31.2 Å². The highest BCUT2D eigenvalue weighted by molar-refractivity contribution is 7.81. The molecule has 0 radical (unpaired) electrons. The van der Waals surface area contributed by atoms with Gasteiger partial charge in [0.15, 0.2) is 0 Å². The average molecular weight is 575 g/mol. The minimum atomic E-state index is -4.23. The zero-order chi connectivity index (χ0) is 27.6. The van der Waals surface area contributed by atoms with Crippen molar-refractivity contribution < 1.29 is 51.5 Å². The Labute approximate surface area is 213 Å². The maximum Gasteiger partial charge on any atom is 0.397 e. The molecule has 0 aliphatic carbocycles. The van der Waals surface area contributed by atoms with Crippen molar-refractivity contribution in [3.63, 3.8) is 0 Å². The minimum Gasteiger partial charge on any atom is -0.264 e. The van der Waals surface area contributed by atoms with Gasteiger partial charge in [-0.25, -0.2) is 12.5 Å². The summed E-state index contributed by atoms with van der Waals surface area (Å²) in [5, 5.41) is 0. The molecule has 3 N–H and O–H groups in total. The maximum absolute atomic E-state index is 10.2. The van der Waals surface area contributed by atoms with E-state index < -0.39 is 31.2 Å². The van der Waals surface area contributed by atoms with Crippen LogP contribution in [0.3, 0.4) is 0 Å². The lowest BCUT2D eigenvalue weighted by molar-refractivity contribution is 0.260. The van der Waals surface area contributed by atoms with Crippen LogP contribution in [0, 0.1) is 0 Å². The van der Waals surface area contributed by atoms with Crippen LogP contribution in [0.1, 0.15) is 111 Å².